The van der Waals surface area contributed by atoms with Crippen LogP contribution in [0.1, 0.15) is 29.2 Å². The van der Waals surface area contributed by atoms with Gasteiger partial charge in [0.15, 0.2) is 0 Å². The standard InChI is InChI=1S/C11H17NO2/c1-7-5-9(10(12)3-4-13)11(14)6-8(7)2/h5-6,10,13-14H,3-4,12H2,1-2H3/t10-/m0/s1. The lowest BCUT2D eigenvalue weighted by atomic mass is 9.98. The van der Waals surface area contributed by atoms with Crippen LogP contribution in [0, 0.1) is 13.8 Å². The molecule has 0 unspecified atom stereocenters. The molecule has 0 aliphatic carbocycles. The summed E-state index contributed by atoms with van der Waals surface area (Å²) in [6, 6.07) is 3.30. The Balaban J connectivity index is 3.02. The third kappa shape index (κ3) is 2.25. The molecule has 14 heavy (non-hydrogen) atoms. The molecule has 0 spiro atoms. The van der Waals surface area contributed by atoms with E-state index in [9.17, 15) is 5.11 Å². The van der Waals surface area contributed by atoms with Crippen LogP contribution in [0.4, 0.5) is 0 Å². The molecule has 0 fully saturated rings. The minimum atomic E-state index is -0.292. The van der Waals surface area contributed by atoms with Gasteiger partial charge < -0.3 is 15.9 Å². The van der Waals surface area contributed by atoms with Crippen LogP contribution in [0.15, 0.2) is 12.1 Å². The van der Waals surface area contributed by atoms with Gasteiger partial charge in [0.25, 0.3) is 0 Å². The van der Waals surface area contributed by atoms with Gasteiger partial charge in [0.05, 0.1) is 0 Å². The van der Waals surface area contributed by atoms with Gasteiger partial charge in [0, 0.05) is 18.2 Å². The van der Waals surface area contributed by atoms with Crippen molar-refractivity contribution in [3.8, 4) is 5.75 Å². The molecule has 0 aliphatic rings. The second-order valence-corrected chi connectivity index (χ2v) is 3.61. The number of phenols is 1. The Kier molecular flexibility index (Phi) is 3.49. The molecule has 0 heterocycles. The fourth-order valence-electron chi connectivity index (χ4n) is 1.41. The molecule has 0 aromatic heterocycles. The summed E-state index contributed by atoms with van der Waals surface area (Å²) in [6.45, 7) is 3.95. The maximum absolute atomic E-state index is 9.65. The minimum Gasteiger partial charge on any atom is -0.508 e. The lowest BCUT2D eigenvalue weighted by Gasteiger charge is -2.14. The summed E-state index contributed by atoms with van der Waals surface area (Å²) in [4.78, 5) is 0. The first-order valence-electron chi connectivity index (χ1n) is 4.72. The quantitative estimate of drug-likeness (QED) is 0.682. The van der Waals surface area contributed by atoms with Crippen molar-refractivity contribution in [3.63, 3.8) is 0 Å². The van der Waals surface area contributed by atoms with E-state index in [4.69, 9.17) is 10.8 Å². The highest BCUT2D eigenvalue weighted by molar-refractivity contribution is 5.42. The summed E-state index contributed by atoms with van der Waals surface area (Å²) in [5.41, 5.74) is 8.66. The van der Waals surface area contributed by atoms with Gasteiger partial charge in [0.1, 0.15) is 5.75 Å². The van der Waals surface area contributed by atoms with Crippen molar-refractivity contribution in [2.45, 2.75) is 26.3 Å². The van der Waals surface area contributed by atoms with Crippen molar-refractivity contribution in [2.24, 2.45) is 5.73 Å². The van der Waals surface area contributed by atoms with Gasteiger partial charge in [-0.1, -0.05) is 6.07 Å². The number of aryl methyl sites for hydroxylation is 2. The second kappa shape index (κ2) is 4.44. The first kappa shape index (κ1) is 11.0. The predicted molar refractivity (Wildman–Crippen MR) is 56.2 cm³/mol. The Labute approximate surface area is 84.2 Å². The first-order chi connectivity index (χ1) is 6.56. The summed E-state index contributed by atoms with van der Waals surface area (Å²) in [6.07, 6.45) is 0.468. The Hall–Kier alpha value is -1.06. The SMILES string of the molecule is Cc1cc(O)c([C@@H](N)CCO)cc1C. The molecule has 4 N–H and O–H groups in total. The lowest BCUT2D eigenvalue weighted by Crippen LogP contribution is -2.12. The van der Waals surface area contributed by atoms with E-state index in [0.717, 1.165) is 11.1 Å². The van der Waals surface area contributed by atoms with Crippen LogP contribution < -0.4 is 5.73 Å². The summed E-state index contributed by atoms with van der Waals surface area (Å²) < 4.78 is 0. The summed E-state index contributed by atoms with van der Waals surface area (Å²) in [7, 11) is 0. The van der Waals surface area contributed by atoms with Crippen LogP contribution in [0.2, 0.25) is 0 Å². The van der Waals surface area contributed by atoms with E-state index < -0.39 is 0 Å². The van der Waals surface area contributed by atoms with Crippen molar-refractivity contribution < 1.29 is 10.2 Å². The molecular weight excluding hydrogens is 178 g/mol. The number of aliphatic hydroxyl groups is 1. The van der Waals surface area contributed by atoms with Crippen molar-refractivity contribution in [1.29, 1.82) is 0 Å². The smallest absolute Gasteiger partial charge is 0.120 e. The van der Waals surface area contributed by atoms with Gasteiger partial charge in [0.2, 0.25) is 0 Å². The molecule has 1 atom stereocenters. The number of rotatable bonds is 3. The zero-order valence-electron chi connectivity index (χ0n) is 8.62. The molecule has 0 saturated heterocycles. The molecule has 0 aliphatic heterocycles. The topological polar surface area (TPSA) is 66.5 Å². The van der Waals surface area contributed by atoms with E-state index in [1.807, 2.05) is 19.9 Å². The molecule has 0 radical (unpaired) electrons. The Bertz CT molecular complexity index is 323. The largest absolute Gasteiger partial charge is 0.508 e. The average molecular weight is 195 g/mol. The summed E-state index contributed by atoms with van der Waals surface area (Å²) >= 11 is 0. The third-order valence-electron chi connectivity index (χ3n) is 2.48. The summed E-state index contributed by atoms with van der Waals surface area (Å²) in [5.74, 6) is 0.217. The molecule has 78 valence electrons. The molecule has 1 rings (SSSR count). The zero-order valence-corrected chi connectivity index (χ0v) is 8.62. The van der Waals surface area contributed by atoms with Crippen molar-refractivity contribution >= 4 is 0 Å². The Morgan fingerprint density at radius 1 is 1.29 bits per heavy atom. The van der Waals surface area contributed by atoms with Crippen LogP contribution in [-0.2, 0) is 0 Å². The number of hydrogen-bond acceptors (Lipinski definition) is 3. The molecule has 0 bridgehead atoms. The zero-order chi connectivity index (χ0) is 10.7. The second-order valence-electron chi connectivity index (χ2n) is 3.61. The number of aliphatic hydroxyl groups excluding tert-OH is 1. The van der Waals surface area contributed by atoms with E-state index >= 15 is 0 Å². The molecule has 1 aromatic rings. The van der Waals surface area contributed by atoms with Crippen LogP contribution in [0.5, 0.6) is 5.75 Å². The lowest BCUT2D eigenvalue weighted by molar-refractivity contribution is 0.275. The number of benzene rings is 1. The molecule has 0 amide bonds. The van der Waals surface area contributed by atoms with Crippen molar-refractivity contribution in [1.82, 2.24) is 0 Å². The van der Waals surface area contributed by atoms with Gasteiger partial charge >= 0.3 is 0 Å². The van der Waals surface area contributed by atoms with Crippen LogP contribution in [0.3, 0.4) is 0 Å². The normalized spacial score (nSPS) is 12.9. The number of phenolic OH excluding ortho intramolecular Hbond substituents is 1. The molecule has 3 heteroatoms. The maximum atomic E-state index is 9.65. The van der Waals surface area contributed by atoms with E-state index in [-0.39, 0.29) is 18.4 Å². The first-order valence-corrected chi connectivity index (χ1v) is 4.72. The van der Waals surface area contributed by atoms with E-state index in [2.05, 4.69) is 0 Å². The van der Waals surface area contributed by atoms with Gasteiger partial charge in [-0.3, -0.25) is 0 Å². The van der Waals surface area contributed by atoms with Gasteiger partial charge in [-0.05, 0) is 37.5 Å². The molecule has 1 aromatic carbocycles. The highest BCUT2D eigenvalue weighted by Crippen LogP contribution is 2.27. The molecule has 0 saturated carbocycles. The highest BCUT2D eigenvalue weighted by Gasteiger charge is 2.11. The van der Waals surface area contributed by atoms with E-state index in [1.54, 1.807) is 6.07 Å². The summed E-state index contributed by atoms with van der Waals surface area (Å²) in [5, 5.41) is 18.4. The average Bonchev–Trinajstić information content (AvgIpc) is 2.11. The van der Waals surface area contributed by atoms with Gasteiger partial charge in [-0.25, -0.2) is 0 Å². The fraction of sp³-hybridized carbons (Fsp3) is 0.455. The Morgan fingerprint density at radius 2 is 1.86 bits per heavy atom. The Morgan fingerprint density at radius 3 is 2.43 bits per heavy atom. The highest BCUT2D eigenvalue weighted by atomic mass is 16.3. The van der Waals surface area contributed by atoms with Crippen LogP contribution in [0.25, 0.3) is 0 Å². The van der Waals surface area contributed by atoms with E-state index in [0.29, 0.717) is 12.0 Å². The maximum Gasteiger partial charge on any atom is 0.120 e. The molecular formula is C11H17NO2. The monoisotopic (exact) mass is 195 g/mol. The van der Waals surface area contributed by atoms with Crippen molar-refractivity contribution in [2.75, 3.05) is 6.61 Å². The predicted octanol–water partition coefficient (Wildman–Crippen LogP) is 1.39. The van der Waals surface area contributed by atoms with Gasteiger partial charge in [-0.15, -0.1) is 0 Å². The third-order valence-corrected chi connectivity index (χ3v) is 2.48. The molecule has 3 nitrogen and oxygen atoms in total. The fourth-order valence-corrected chi connectivity index (χ4v) is 1.41. The van der Waals surface area contributed by atoms with Crippen LogP contribution in [-0.4, -0.2) is 16.8 Å². The number of nitrogens with two attached hydrogens (primary N) is 1. The van der Waals surface area contributed by atoms with Gasteiger partial charge in [-0.2, -0.15) is 0 Å². The van der Waals surface area contributed by atoms with Crippen LogP contribution >= 0.6 is 0 Å². The number of aromatic hydroxyl groups is 1. The minimum absolute atomic E-state index is 0.0352. The van der Waals surface area contributed by atoms with Crippen molar-refractivity contribution in [3.05, 3.63) is 28.8 Å². The number of hydrogen-bond donors (Lipinski definition) is 3. The van der Waals surface area contributed by atoms with E-state index in [1.165, 1.54) is 0 Å².